The van der Waals surface area contributed by atoms with Gasteiger partial charge in [-0.15, -0.1) is 12.3 Å². The molecular formula is C23H35N3O2. The number of likely N-dealkylation sites (tertiary alicyclic amines) is 1. The molecule has 5 heteroatoms. The Balaban J connectivity index is 1.65. The Labute approximate surface area is 169 Å². The lowest BCUT2D eigenvalue weighted by atomic mass is 9.80. The van der Waals surface area contributed by atoms with Crippen molar-refractivity contribution in [3.8, 4) is 12.3 Å². The molecule has 0 aromatic carbocycles. The van der Waals surface area contributed by atoms with Crippen molar-refractivity contribution in [2.45, 2.75) is 83.3 Å². The van der Waals surface area contributed by atoms with Crippen LogP contribution < -0.4 is 0 Å². The summed E-state index contributed by atoms with van der Waals surface area (Å²) >= 11 is 0. The molecule has 2 atom stereocenters. The van der Waals surface area contributed by atoms with Gasteiger partial charge >= 0.3 is 0 Å². The summed E-state index contributed by atoms with van der Waals surface area (Å²) in [6, 6.07) is 2.08. The van der Waals surface area contributed by atoms with E-state index < -0.39 is 0 Å². The van der Waals surface area contributed by atoms with Crippen LogP contribution in [0.25, 0.3) is 0 Å². The molecule has 28 heavy (non-hydrogen) atoms. The molecular weight excluding hydrogens is 350 g/mol. The van der Waals surface area contributed by atoms with Crippen LogP contribution in [0.15, 0.2) is 12.3 Å². The summed E-state index contributed by atoms with van der Waals surface area (Å²) in [5, 5.41) is 7.35. The van der Waals surface area contributed by atoms with Crippen LogP contribution in [0.1, 0.15) is 76.8 Å². The number of piperidine rings is 1. The van der Waals surface area contributed by atoms with Gasteiger partial charge in [-0.2, -0.15) is 5.10 Å². The van der Waals surface area contributed by atoms with E-state index in [0.717, 1.165) is 49.8 Å². The Morgan fingerprint density at radius 2 is 2.14 bits per heavy atom. The number of aromatic nitrogens is 2. The number of amides is 1. The van der Waals surface area contributed by atoms with E-state index in [1.807, 2.05) is 17.2 Å². The minimum atomic E-state index is 0.0464. The van der Waals surface area contributed by atoms with E-state index in [9.17, 15) is 4.79 Å². The number of rotatable bonds is 7. The number of carbonyl (C=O) groups is 1. The number of hydrogen-bond acceptors (Lipinski definition) is 3. The summed E-state index contributed by atoms with van der Waals surface area (Å²) in [6.45, 7) is 6.03. The van der Waals surface area contributed by atoms with Crippen LogP contribution in [-0.2, 0) is 9.53 Å². The Bertz CT molecular complexity index is 641. The quantitative estimate of drug-likeness (QED) is 0.718. The summed E-state index contributed by atoms with van der Waals surface area (Å²) in [5.74, 6) is 4.55. The number of nitrogens with one attached hydrogen (secondary N) is 1. The van der Waals surface area contributed by atoms with Crippen molar-refractivity contribution in [3.05, 3.63) is 18.0 Å². The predicted molar refractivity (Wildman–Crippen MR) is 111 cm³/mol. The lowest BCUT2D eigenvalue weighted by Crippen LogP contribution is -2.50. The summed E-state index contributed by atoms with van der Waals surface area (Å²) in [4.78, 5) is 14.8. The second-order valence-electron chi connectivity index (χ2n) is 8.72. The highest BCUT2D eigenvalue weighted by Gasteiger charge is 2.37. The molecule has 0 unspecified atom stereocenters. The van der Waals surface area contributed by atoms with E-state index >= 15 is 0 Å². The molecule has 2 aliphatic rings. The fraction of sp³-hybridized carbons (Fsp3) is 0.739. The van der Waals surface area contributed by atoms with E-state index in [4.69, 9.17) is 11.2 Å². The number of nitrogens with zero attached hydrogens (tertiary/aromatic N) is 2. The molecule has 1 aromatic heterocycles. The number of terminal acetylenes is 1. The minimum absolute atomic E-state index is 0.0464. The Kier molecular flexibility index (Phi) is 7.56. The van der Waals surface area contributed by atoms with Crippen LogP contribution >= 0.6 is 0 Å². The highest BCUT2D eigenvalue weighted by Crippen LogP contribution is 2.35. The number of H-pyrrole nitrogens is 1. The lowest BCUT2D eigenvalue weighted by molar-refractivity contribution is -0.138. The molecule has 1 saturated carbocycles. The number of hydrogen-bond donors (Lipinski definition) is 1. The largest absolute Gasteiger partial charge is 0.376 e. The lowest BCUT2D eigenvalue weighted by Gasteiger charge is -2.42. The smallest absolute Gasteiger partial charge is 0.223 e. The average molecular weight is 386 g/mol. The van der Waals surface area contributed by atoms with Gasteiger partial charge in [0, 0.05) is 31.5 Å². The normalized spacial score (nSPS) is 28.3. The van der Waals surface area contributed by atoms with Gasteiger partial charge in [0.1, 0.15) is 0 Å². The maximum Gasteiger partial charge on any atom is 0.223 e. The highest BCUT2D eigenvalue weighted by molar-refractivity contribution is 5.77. The standard InChI is InChI=1S/C23H35N3O2/c1-4-5-8-23(27)26-15-6-7-20(21-13-14-24-25-21)22(26)16-28-19-11-9-18(10-12-19)17(2)3/h1,13-14,17-20,22H,5-12,15-16H2,2-3H3,(H,24,25)/t18-,19+,20-,22+/m1/s1. The molecule has 3 rings (SSSR count). The third kappa shape index (κ3) is 5.17. The monoisotopic (exact) mass is 385 g/mol. The van der Waals surface area contributed by atoms with Gasteiger partial charge in [0.25, 0.3) is 0 Å². The fourth-order valence-electron chi connectivity index (χ4n) is 4.88. The van der Waals surface area contributed by atoms with E-state index in [-0.39, 0.29) is 17.9 Å². The highest BCUT2D eigenvalue weighted by atomic mass is 16.5. The SMILES string of the molecule is C#CCCC(=O)N1CCC[C@H](c2cc[nH]n2)[C@@H]1CO[C@H]1CC[C@@H](C(C)C)CC1. The first-order chi connectivity index (χ1) is 13.6. The first kappa shape index (κ1) is 20.9. The Morgan fingerprint density at radius 3 is 2.79 bits per heavy atom. The second kappa shape index (κ2) is 10.1. The molecule has 0 spiro atoms. The Hall–Kier alpha value is -1.80. The molecule has 5 nitrogen and oxygen atoms in total. The molecule has 1 aromatic rings. The van der Waals surface area contributed by atoms with Gasteiger partial charge in [-0.05, 0) is 56.4 Å². The zero-order valence-corrected chi connectivity index (χ0v) is 17.4. The van der Waals surface area contributed by atoms with Gasteiger partial charge in [-0.3, -0.25) is 9.89 Å². The van der Waals surface area contributed by atoms with E-state index in [1.165, 1.54) is 12.8 Å². The van der Waals surface area contributed by atoms with Crippen molar-refractivity contribution in [1.82, 2.24) is 15.1 Å². The van der Waals surface area contributed by atoms with Gasteiger partial charge in [0.2, 0.25) is 5.91 Å². The zero-order valence-electron chi connectivity index (χ0n) is 17.4. The average Bonchev–Trinajstić information content (AvgIpc) is 3.25. The summed E-state index contributed by atoms with van der Waals surface area (Å²) in [7, 11) is 0. The first-order valence-electron chi connectivity index (χ1n) is 10.9. The molecule has 0 bridgehead atoms. The van der Waals surface area contributed by atoms with Gasteiger partial charge in [0.15, 0.2) is 0 Å². The maximum atomic E-state index is 12.8. The van der Waals surface area contributed by atoms with Crippen molar-refractivity contribution in [2.75, 3.05) is 13.2 Å². The maximum absolute atomic E-state index is 12.8. The molecule has 1 N–H and O–H groups in total. The van der Waals surface area contributed by atoms with Crippen molar-refractivity contribution in [3.63, 3.8) is 0 Å². The van der Waals surface area contributed by atoms with Gasteiger partial charge in [0.05, 0.1) is 24.4 Å². The van der Waals surface area contributed by atoms with E-state index in [0.29, 0.717) is 25.6 Å². The van der Waals surface area contributed by atoms with E-state index in [2.05, 4.69) is 30.0 Å². The topological polar surface area (TPSA) is 58.2 Å². The van der Waals surface area contributed by atoms with Crippen LogP contribution in [0.2, 0.25) is 0 Å². The van der Waals surface area contributed by atoms with Gasteiger partial charge in [-0.1, -0.05) is 13.8 Å². The number of aromatic amines is 1. The summed E-state index contributed by atoms with van der Waals surface area (Å²) in [5.41, 5.74) is 1.03. The van der Waals surface area contributed by atoms with Crippen LogP contribution in [0, 0.1) is 24.2 Å². The van der Waals surface area contributed by atoms with Crippen LogP contribution in [0.5, 0.6) is 0 Å². The molecule has 1 saturated heterocycles. The van der Waals surface area contributed by atoms with Crippen LogP contribution in [-0.4, -0.2) is 46.3 Å². The zero-order chi connectivity index (χ0) is 19.9. The van der Waals surface area contributed by atoms with Crippen LogP contribution in [0.4, 0.5) is 0 Å². The van der Waals surface area contributed by atoms with Gasteiger partial charge < -0.3 is 9.64 Å². The van der Waals surface area contributed by atoms with Gasteiger partial charge in [-0.25, -0.2) is 0 Å². The second-order valence-corrected chi connectivity index (χ2v) is 8.72. The Morgan fingerprint density at radius 1 is 1.36 bits per heavy atom. The summed E-state index contributed by atoms with van der Waals surface area (Å²) in [6.07, 6.45) is 15.3. The molecule has 2 heterocycles. The molecule has 1 aliphatic heterocycles. The molecule has 1 amide bonds. The fourth-order valence-corrected chi connectivity index (χ4v) is 4.88. The molecule has 154 valence electrons. The molecule has 2 fully saturated rings. The minimum Gasteiger partial charge on any atom is -0.376 e. The molecule has 0 radical (unpaired) electrons. The van der Waals surface area contributed by atoms with Crippen molar-refractivity contribution in [2.24, 2.45) is 11.8 Å². The number of ether oxygens (including phenoxy) is 1. The first-order valence-corrected chi connectivity index (χ1v) is 10.9. The van der Waals surface area contributed by atoms with Crippen molar-refractivity contribution in [1.29, 1.82) is 0 Å². The number of carbonyl (C=O) groups excluding carboxylic acids is 1. The molecule has 1 aliphatic carbocycles. The summed E-state index contributed by atoms with van der Waals surface area (Å²) < 4.78 is 6.39. The predicted octanol–water partition coefficient (Wildman–Crippen LogP) is 4.13. The van der Waals surface area contributed by atoms with E-state index in [1.54, 1.807) is 0 Å². The van der Waals surface area contributed by atoms with Crippen LogP contribution in [0.3, 0.4) is 0 Å². The van der Waals surface area contributed by atoms with Crippen molar-refractivity contribution < 1.29 is 9.53 Å². The third-order valence-corrected chi connectivity index (χ3v) is 6.65. The third-order valence-electron chi connectivity index (χ3n) is 6.65. The van der Waals surface area contributed by atoms with Crippen molar-refractivity contribution >= 4 is 5.91 Å².